The second-order valence-corrected chi connectivity index (χ2v) is 4.77. The lowest BCUT2D eigenvalue weighted by Crippen LogP contribution is -2.32. The van der Waals surface area contributed by atoms with Crippen molar-refractivity contribution in [1.29, 1.82) is 0 Å². The van der Waals surface area contributed by atoms with Crippen LogP contribution in [0.1, 0.15) is 12.7 Å². The third-order valence-corrected chi connectivity index (χ3v) is 3.19. The van der Waals surface area contributed by atoms with E-state index in [9.17, 15) is 0 Å². The lowest BCUT2D eigenvalue weighted by atomic mass is 10.0. The Bertz CT molecular complexity index is 785. The summed E-state index contributed by atoms with van der Waals surface area (Å²) in [5.41, 5.74) is 8.22. The van der Waals surface area contributed by atoms with Crippen LogP contribution in [0.2, 0.25) is 0 Å². The van der Waals surface area contributed by atoms with Crippen LogP contribution >= 0.6 is 0 Å². The lowest BCUT2D eigenvalue weighted by Gasteiger charge is -2.09. The minimum Gasteiger partial charge on any atom is -0.384 e. The van der Waals surface area contributed by atoms with Gasteiger partial charge in [0.2, 0.25) is 5.96 Å². The highest BCUT2D eigenvalue weighted by Gasteiger charge is 2.09. The second-order valence-electron chi connectivity index (χ2n) is 4.77. The van der Waals surface area contributed by atoms with E-state index in [1.165, 1.54) is 10.9 Å². The summed E-state index contributed by atoms with van der Waals surface area (Å²) in [6.07, 6.45) is 1.50. The molecule has 110 valence electrons. The molecule has 0 fully saturated rings. The van der Waals surface area contributed by atoms with E-state index in [1.807, 2.05) is 31.2 Å². The Morgan fingerprint density at radius 3 is 2.95 bits per heavy atom. The Kier molecular flexibility index (Phi) is 3.82. The lowest BCUT2D eigenvalue weighted by molar-refractivity contribution is 0.815. The van der Waals surface area contributed by atoms with Gasteiger partial charge in [0.15, 0.2) is 0 Å². The maximum atomic E-state index is 5.90. The first-order valence-electron chi connectivity index (χ1n) is 7.00. The van der Waals surface area contributed by atoms with E-state index >= 15 is 0 Å². The van der Waals surface area contributed by atoms with Gasteiger partial charge < -0.3 is 16.0 Å². The van der Waals surface area contributed by atoms with Gasteiger partial charge in [0.05, 0.1) is 11.0 Å². The van der Waals surface area contributed by atoms with Crippen LogP contribution in [0.4, 0.5) is 5.82 Å². The van der Waals surface area contributed by atoms with Gasteiger partial charge in [0.25, 0.3) is 0 Å². The molecular weight excluding hydrogens is 277 g/mol. The van der Waals surface area contributed by atoms with Crippen LogP contribution in [0.15, 0.2) is 35.5 Å². The zero-order chi connectivity index (χ0) is 15.5. The standard InChI is InChI=1S/C14H16BN7/c1-2-17-14(22-13(16)9(15)7-19-22)18-8-12-20-10-5-3-4-6-11(10)21-12/h3-7H,2,8,16H2,1H3,(H,17,18)(H,20,21). The number of H-pyrrole nitrogens is 1. The van der Waals surface area contributed by atoms with Crippen molar-refractivity contribution in [1.82, 2.24) is 25.1 Å². The van der Waals surface area contributed by atoms with E-state index in [4.69, 9.17) is 13.6 Å². The average Bonchev–Trinajstić information content (AvgIpc) is 3.08. The predicted octanol–water partition coefficient (Wildman–Crippen LogP) is 0.149. The monoisotopic (exact) mass is 293 g/mol. The summed E-state index contributed by atoms with van der Waals surface area (Å²) >= 11 is 0. The minimum absolute atomic E-state index is 0.365. The molecule has 2 aromatic heterocycles. The van der Waals surface area contributed by atoms with Gasteiger partial charge in [0, 0.05) is 12.7 Å². The minimum atomic E-state index is 0.365. The van der Waals surface area contributed by atoms with Crippen molar-refractivity contribution in [2.45, 2.75) is 13.5 Å². The highest BCUT2D eigenvalue weighted by atomic mass is 15.4. The maximum absolute atomic E-state index is 5.90. The first-order valence-corrected chi connectivity index (χ1v) is 7.00. The topological polar surface area (TPSA) is 96.9 Å². The Morgan fingerprint density at radius 2 is 2.27 bits per heavy atom. The predicted molar refractivity (Wildman–Crippen MR) is 88.3 cm³/mol. The number of nitrogen functional groups attached to an aromatic ring is 1. The number of aromatic amines is 1. The smallest absolute Gasteiger partial charge is 0.221 e. The van der Waals surface area contributed by atoms with E-state index < -0.39 is 0 Å². The number of imidazole rings is 1. The molecule has 1 aromatic carbocycles. The molecule has 22 heavy (non-hydrogen) atoms. The van der Waals surface area contributed by atoms with Gasteiger partial charge in [-0.2, -0.15) is 9.78 Å². The van der Waals surface area contributed by atoms with Crippen molar-refractivity contribution >= 4 is 36.1 Å². The van der Waals surface area contributed by atoms with Gasteiger partial charge in [-0.25, -0.2) is 9.98 Å². The van der Waals surface area contributed by atoms with Gasteiger partial charge in [-0.1, -0.05) is 12.1 Å². The van der Waals surface area contributed by atoms with Crippen LogP contribution in [0.3, 0.4) is 0 Å². The van der Waals surface area contributed by atoms with Gasteiger partial charge in [-0.3, -0.25) is 0 Å². The quantitative estimate of drug-likeness (QED) is 0.364. The zero-order valence-electron chi connectivity index (χ0n) is 12.2. The molecule has 0 saturated carbocycles. The molecular formula is C14H16BN7. The van der Waals surface area contributed by atoms with Crippen LogP contribution in [0, 0.1) is 0 Å². The van der Waals surface area contributed by atoms with Gasteiger partial charge in [-0.15, -0.1) is 0 Å². The fourth-order valence-corrected chi connectivity index (χ4v) is 2.13. The fourth-order valence-electron chi connectivity index (χ4n) is 2.13. The number of hydrogen-bond acceptors (Lipinski definition) is 4. The average molecular weight is 293 g/mol. The van der Waals surface area contributed by atoms with Crippen LogP contribution in [-0.2, 0) is 6.54 Å². The molecule has 8 heteroatoms. The van der Waals surface area contributed by atoms with E-state index in [0.717, 1.165) is 16.9 Å². The van der Waals surface area contributed by atoms with Crippen molar-refractivity contribution in [2.24, 2.45) is 4.99 Å². The molecule has 0 atom stereocenters. The molecule has 0 aliphatic rings. The Labute approximate surface area is 129 Å². The van der Waals surface area contributed by atoms with Crippen LogP contribution in [0.5, 0.6) is 0 Å². The van der Waals surface area contributed by atoms with Gasteiger partial charge >= 0.3 is 0 Å². The SMILES string of the molecule is [B]c1cnn(C(=NCc2nc3ccccc3[nH]2)NCC)c1N. The molecule has 4 N–H and O–H groups in total. The summed E-state index contributed by atoms with van der Waals surface area (Å²) in [5, 5.41) is 7.26. The number of nitrogens with zero attached hydrogens (tertiary/aromatic N) is 4. The molecule has 3 rings (SSSR count). The number of nitrogens with two attached hydrogens (primary N) is 1. The van der Waals surface area contributed by atoms with Crippen molar-refractivity contribution in [3.63, 3.8) is 0 Å². The maximum Gasteiger partial charge on any atom is 0.221 e. The molecule has 2 heterocycles. The first-order chi connectivity index (χ1) is 10.7. The number of fused-ring (bicyclic) bond motifs is 1. The summed E-state index contributed by atoms with van der Waals surface area (Å²) < 4.78 is 1.49. The molecule has 0 spiro atoms. The molecule has 0 amide bonds. The molecule has 7 nitrogen and oxygen atoms in total. The van der Waals surface area contributed by atoms with E-state index in [-0.39, 0.29) is 0 Å². The number of benzene rings is 1. The largest absolute Gasteiger partial charge is 0.384 e. The molecule has 0 aliphatic carbocycles. The number of para-hydroxylation sites is 2. The molecule has 0 unspecified atom stereocenters. The summed E-state index contributed by atoms with van der Waals surface area (Å²) in [6, 6.07) is 7.85. The molecule has 3 aromatic rings. The third kappa shape index (κ3) is 2.67. The Morgan fingerprint density at radius 1 is 1.45 bits per heavy atom. The van der Waals surface area contributed by atoms with Gasteiger partial charge in [0.1, 0.15) is 26.0 Å². The second kappa shape index (κ2) is 5.93. The zero-order valence-corrected chi connectivity index (χ0v) is 12.2. The number of hydrogen-bond donors (Lipinski definition) is 3. The fraction of sp³-hybridized carbons (Fsp3) is 0.214. The highest BCUT2D eigenvalue weighted by Crippen LogP contribution is 2.10. The van der Waals surface area contributed by atoms with Crippen LogP contribution in [0.25, 0.3) is 11.0 Å². The number of nitrogens with one attached hydrogen (secondary N) is 2. The number of rotatable bonds is 3. The van der Waals surface area contributed by atoms with Crippen molar-refractivity contribution in [3.05, 3.63) is 36.3 Å². The number of aromatic nitrogens is 4. The first kappa shape index (κ1) is 14.2. The molecule has 2 radical (unpaired) electrons. The van der Waals surface area contributed by atoms with Crippen molar-refractivity contribution < 1.29 is 0 Å². The van der Waals surface area contributed by atoms with Crippen molar-refractivity contribution in [2.75, 3.05) is 12.3 Å². The summed E-state index contributed by atoms with van der Waals surface area (Å²) in [6.45, 7) is 3.05. The summed E-state index contributed by atoms with van der Waals surface area (Å²) in [4.78, 5) is 12.2. The third-order valence-electron chi connectivity index (χ3n) is 3.19. The molecule has 0 saturated heterocycles. The van der Waals surface area contributed by atoms with Gasteiger partial charge in [-0.05, 0) is 24.5 Å². The highest BCUT2D eigenvalue weighted by molar-refractivity contribution is 6.35. The number of anilines is 1. The number of aliphatic imine (C=N–C) groups is 1. The van der Waals surface area contributed by atoms with Crippen LogP contribution in [-0.4, -0.2) is 40.1 Å². The van der Waals surface area contributed by atoms with Crippen molar-refractivity contribution in [3.8, 4) is 0 Å². The molecule has 0 aliphatic heterocycles. The molecule has 0 bridgehead atoms. The Hall–Kier alpha value is -2.77. The van der Waals surface area contributed by atoms with E-state index in [0.29, 0.717) is 30.3 Å². The van der Waals surface area contributed by atoms with Crippen LogP contribution < -0.4 is 16.5 Å². The summed E-state index contributed by atoms with van der Waals surface area (Å²) in [7, 11) is 5.72. The van der Waals surface area contributed by atoms with E-state index in [1.54, 1.807) is 0 Å². The summed E-state index contributed by atoms with van der Waals surface area (Å²) in [5.74, 6) is 1.68. The van der Waals surface area contributed by atoms with E-state index in [2.05, 4.69) is 25.4 Å². The normalized spacial score (nSPS) is 12.0. The Balaban J connectivity index is 1.88.